The summed E-state index contributed by atoms with van der Waals surface area (Å²) in [5.41, 5.74) is 1.90. The summed E-state index contributed by atoms with van der Waals surface area (Å²) in [5.74, 6) is 2.78. The van der Waals surface area contributed by atoms with Crippen LogP contribution in [0.2, 0.25) is 0 Å². The fourth-order valence-electron chi connectivity index (χ4n) is 3.02. The zero-order chi connectivity index (χ0) is 16.8. The lowest BCUT2D eigenvalue weighted by Crippen LogP contribution is -2.37. The summed E-state index contributed by atoms with van der Waals surface area (Å²) in [6, 6.07) is 10.3. The van der Waals surface area contributed by atoms with Gasteiger partial charge in [-0.25, -0.2) is 4.98 Å². The van der Waals surface area contributed by atoms with Gasteiger partial charge >= 0.3 is 0 Å². The molecule has 1 heterocycles. The number of aromatic nitrogens is 1. The van der Waals surface area contributed by atoms with Gasteiger partial charge in [-0.1, -0.05) is 37.5 Å². The molecule has 1 aliphatic carbocycles. The van der Waals surface area contributed by atoms with Crippen molar-refractivity contribution in [3.05, 3.63) is 41.8 Å². The topological polar surface area (TPSA) is 55.1 Å². The van der Waals surface area contributed by atoms with E-state index in [1.165, 1.54) is 19.3 Å². The van der Waals surface area contributed by atoms with Gasteiger partial charge in [0.1, 0.15) is 5.76 Å². The Labute approximate surface area is 147 Å². The van der Waals surface area contributed by atoms with Crippen molar-refractivity contribution in [3.63, 3.8) is 0 Å². The first-order chi connectivity index (χ1) is 11.7. The third-order valence-electron chi connectivity index (χ3n) is 4.36. The van der Waals surface area contributed by atoms with Crippen LogP contribution in [-0.4, -0.2) is 22.7 Å². The van der Waals surface area contributed by atoms with Gasteiger partial charge in [-0.3, -0.25) is 4.79 Å². The summed E-state index contributed by atoms with van der Waals surface area (Å²) in [7, 11) is 0. The monoisotopic (exact) mass is 344 g/mol. The third-order valence-corrected chi connectivity index (χ3v) is 5.30. The van der Waals surface area contributed by atoms with Gasteiger partial charge in [0, 0.05) is 17.4 Å². The number of benzene rings is 1. The Hall–Kier alpha value is -1.75. The predicted molar refractivity (Wildman–Crippen MR) is 97.9 cm³/mol. The third kappa shape index (κ3) is 4.63. The van der Waals surface area contributed by atoms with E-state index in [4.69, 9.17) is 4.42 Å². The molecule has 1 fully saturated rings. The highest BCUT2D eigenvalue weighted by atomic mass is 32.2. The van der Waals surface area contributed by atoms with Crippen molar-refractivity contribution in [1.82, 2.24) is 10.3 Å². The van der Waals surface area contributed by atoms with E-state index in [1.807, 2.05) is 37.3 Å². The van der Waals surface area contributed by atoms with Crippen molar-refractivity contribution < 1.29 is 9.21 Å². The highest BCUT2D eigenvalue weighted by Gasteiger charge is 2.16. The smallest absolute Gasteiger partial charge is 0.230 e. The number of aryl methyl sites for hydroxylation is 1. The number of hydrogen-bond acceptors (Lipinski definition) is 4. The Bertz CT molecular complexity index is 663. The normalized spacial score (nSPS) is 15.4. The second kappa shape index (κ2) is 8.38. The molecular formula is C19H24N2O2S. The van der Waals surface area contributed by atoms with Crippen LogP contribution in [0.15, 0.2) is 34.7 Å². The van der Waals surface area contributed by atoms with Gasteiger partial charge in [0.05, 0.1) is 11.4 Å². The molecule has 0 spiro atoms. The summed E-state index contributed by atoms with van der Waals surface area (Å²) >= 11 is 1.59. The molecule has 4 nitrogen and oxygen atoms in total. The van der Waals surface area contributed by atoms with E-state index in [-0.39, 0.29) is 5.91 Å². The summed E-state index contributed by atoms with van der Waals surface area (Å²) in [4.78, 5) is 16.6. The molecule has 0 saturated heterocycles. The number of hydrogen-bond donors (Lipinski definition) is 1. The molecule has 0 unspecified atom stereocenters. The highest BCUT2D eigenvalue weighted by molar-refractivity contribution is 7.99. The Kier molecular flexibility index (Phi) is 5.96. The van der Waals surface area contributed by atoms with Crippen molar-refractivity contribution in [2.75, 3.05) is 5.75 Å². The van der Waals surface area contributed by atoms with Gasteiger partial charge in [0.2, 0.25) is 11.8 Å². The highest BCUT2D eigenvalue weighted by Crippen LogP contribution is 2.24. The van der Waals surface area contributed by atoms with Gasteiger partial charge in [0.15, 0.2) is 0 Å². The number of nitrogens with zero attached hydrogens (tertiary/aromatic N) is 1. The van der Waals surface area contributed by atoms with Crippen LogP contribution in [0.3, 0.4) is 0 Å². The number of rotatable bonds is 6. The van der Waals surface area contributed by atoms with Crippen LogP contribution >= 0.6 is 11.8 Å². The average Bonchev–Trinajstić information content (AvgIpc) is 2.98. The lowest BCUT2D eigenvalue weighted by molar-refractivity contribution is -0.119. The molecule has 0 radical (unpaired) electrons. The fraction of sp³-hybridized carbons (Fsp3) is 0.474. The minimum absolute atomic E-state index is 0.135. The number of carbonyl (C=O) groups excluding carboxylic acids is 1. The molecule has 1 aromatic carbocycles. The van der Waals surface area contributed by atoms with Crippen molar-refractivity contribution in [2.45, 2.75) is 50.8 Å². The molecule has 1 aromatic heterocycles. The Morgan fingerprint density at radius 1 is 1.25 bits per heavy atom. The number of nitrogens with one attached hydrogen (secondary N) is 1. The average molecular weight is 344 g/mol. The molecule has 128 valence electrons. The maximum atomic E-state index is 12.0. The first-order valence-corrected chi connectivity index (χ1v) is 9.76. The van der Waals surface area contributed by atoms with Crippen LogP contribution in [-0.2, 0) is 10.5 Å². The molecule has 1 N–H and O–H groups in total. The number of thioether (sulfide) groups is 1. The van der Waals surface area contributed by atoms with Crippen LogP contribution in [0, 0.1) is 6.92 Å². The van der Waals surface area contributed by atoms with Gasteiger partial charge in [-0.15, -0.1) is 11.8 Å². The molecule has 5 heteroatoms. The van der Waals surface area contributed by atoms with Crippen LogP contribution in [0.5, 0.6) is 0 Å². The molecule has 0 aliphatic heterocycles. The molecule has 1 aliphatic rings. The SMILES string of the molecule is Cc1oc(-c2ccccc2)nc1CSCC(=O)NC1CCCCC1. The molecular weight excluding hydrogens is 320 g/mol. The van der Waals surface area contributed by atoms with E-state index in [1.54, 1.807) is 11.8 Å². The second-order valence-electron chi connectivity index (χ2n) is 6.28. The first-order valence-electron chi connectivity index (χ1n) is 8.61. The van der Waals surface area contributed by atoms with Gasteiger partial charge < -0.3 is 9.73 Å². The zero-order valence-electron chi connectivity index (χ0n) is 14.1. The molecule has 24 heavy (non-hydrogen) atoms. The van der Waals surface area contributed by atoms with Crippen LogP contribution in [0.1, 0.15) is 43.6 Å². The Balaban J connectivity index is 1.48. The lowest BCUT2D eigenvalue weighted by Gasteiger charge is -2.22. The zero-order valence-corrected chi connectivity index (χ0v) is 14.9. The summed E-state index contributed by atoms with van der Waals surface area (Å²) in [6.45, 7) is 1.93. The molecule has 3 rings (SSSR count). The molecule has 1 amide bonds. The maximum Gasteiger partial charge on any atom is 0.230 e. The lowest BCUT2D eigenvalue weighted by atomic mass is 9.95. The van der Waals surface area contributed by atoms with E-state index in [0.29, 0.717) is 23.4 Å². The minimum atomic E-state index is 0.135. The summed E-state index contributed by atoms with van der Waals surface area (Å²) < 4.78 is 5.75. The van der Waals surface area contributed by atoms with E-state index in [9.17, 15) is 4.79 Å². The van der Waals surface area contributed by atoms with Crippen LogP contribution in [0.25, 0.3) is 11.5 Å². The van der Waals surface area contributed by atoms with E-state index < -0.39 is 0 Å². The fourth-order valence-corrected chi connectivity index (χ4v) is 3.85. The van der Waals surface area contributed by atoms with E-state index >= 15 is 0 Å². The van der Waals surface area contributed by atoms with Gasteiger partial charge in [-0.2, -0.15) is 0 Å². The predicted octanol–water partition coefficient (Wildman–Crippen LogP) is 4.33. The van der Waals surface area contributed by atoms with Crippen LogP contribution < -0.4 is 5.32 Å². The molecule has 0 bridgehead atoms. The van der Waals surface area contributed by atoms with Crippen molar-refractivity contribution in [2.24, 2.45) is 0 Å². The Morgan fingerprint density at radius 3 is 2.75 bits per heavy atom. The first kappa shape index (κ1) is 17.1. The standard InChI is InChI=1S/C19H24N2O2S/c1-14-17(21-19(23-14)15-8-4-2-5-9-15)12-24-13-18(22)20-16-10-6-3-7-11-16/h2,4-5,8-9,16H,3,6-7,10-13H2,1H3,(H,20,22). The molecule has 1 saturated carbocycles. The quantitative estimate of drug-likeness (QED) is 0.847. The largest absolute Gasteiger partial charge is 0.441 e. The van der Waals surface area contributed by atoms with Crippen LogP contribution in [0.4, 0.5) is 0 Å². The second-order valence-corrected chi connectivity index (χ2v) is 7.27. The molecule has 0 atom stereocenters. The van der Waals surface area contributed by atoms with Crippen molar-refractivity contribution in [1.29, 1.82) is 0 Å². The summed E-state index contributed by atoms with van der Waals surface area (Å²) in [5, 5.41) is 3.15. The number of carbonyl (C=O) groups is 1. The Morgan fingerprint density at radius 2 is 2.00 bits per heavy atom. The number of amides is 1. The van der Waals surface area contributed by atoms with Crippen molar-refractivity contribution in [3.8, 4) is 11.5 Å². The molecule has 2 aromatic rings. The maximum absolute atomic E-state index is 12.0. The van der Waals surface area contributed by atoms with Crippen molar-refractivity contribution >= 4 is 17.7 Å². The minimum Gasteiger partial charge on any atom is -0.441 e. The van der Waals surface area contributed by atoms with Gasteiger partial charge in [-0.05, 0) is 31.9 Å². The van der Waals surface area contributed by atoms with E-state index in [2.05, 4.69) is 10.3 Å². The van der Waals surface area contributed by atoms with E-state index in [0.717, 1.165) is 29.9 Å². The summed E-state index contributed by atoms with van der Waals surface area (Å²) in [6.07, 6.45) is 6.02. The van der Waals surface area contributed by atoms with Gasteiger partial charge in [0.25, 0.3) is 0 Å². The number of oxazole rings is 1.